The van der Waals surface area contributed by atoms with Crippen molar-refractivity contribution in [2.45, 2.75) is 32.5 Å². The molecule has 1 N–H and O–H groups in total. The third-order valence-electron chi connectivity index (χ3n) is 6.32. The number of halogens is 1. The summed E-state index contributed by atoms with van der Waals surface area (Å²) < 4.78 is 5.50. The van der Waals surface area contributed by atoms with E-state index in [4.69, 9.17) is 26.3 Å². The highest BCUT2D eigenvalue weighted by Gasteiger charge is 2.35. The van der Waals surface area contributed by atoms with E-state index in [0.717, 1.165) is 16.7 Å². The van der Waals surface area contributed by atoms with Gasteiger partial charge in [-0.25, -0.2) is 4.98 Å². The smallest absolute Gasteiger partial charge is 0.273 e. The van der Waals surface area contributed by atoms with Gasteiger partial charge in [-0.1, -0.05) is 54.1 Å². The van der Waals surface area contributed by atoms with Gasteiger partial charge in [0.1, 0.15) is 11.5 Å². The van der Waals surface area contributed by atoms with Gasteiger partial charge in [-0.2, -0.15) is 4.98 Å². The third kappa shape index (κ3) is 4.45. The molecule has 1 saturated heterocycles. The minimum atomic E-state index is -0.168. The highest BCUT2D eigenvalue weighted by molar-refractivity contribution is 6.30. The van der Waals surface area contributed by atoms with Crippen LogP contribution in [-0.4, -0.2) is 53.1 Å². The quantitative estimate of drug-likeness (QED) is 0.562. The van der Waals surface area contributed by atoms with Crippen LogP contribution in [0.4, 0.5) is 11.8 Å². The largest absolute Gasteiger partial charge is 0.378 e. The minimum absolute atomic E-state index is 0.0484. The van der Waals surface area contributed by atoms with E-state index < -0.39 is 0 Å². The number of carbonyl (C=O) groups is 1. The Morgan fingerprint density at radius 3 is 2.32 bits per heavy atom. The fourth-order valence-corrected chi connectivity index (χ4v) is 4.54. The zero-order valence-electron chi connectivity index (χ0n) is 19.4. The molecule has 0 bridgehead atoms. The van der Waals surface area contributed by atoms with E-state index >= 15 is 0 Å². The number of nitrogens with zero attached hydrogens (tertiary/aromatic N) is 4. The van der Waals surface area contributed by atoms with E-state index in [1.807, 2.05) is 61.2 Å². The Kier molecular flexibility index (Phi) is 6.39. The van der Waals surface area contributed by atoms with Crippen LogP contribution < -0.4 is 10.2 Å². The lowest BCUT2D eigenvalue weighted by Gasteiger charge is -2.28. The summed E-state index contributed by atoms with van der Waals surface area (Å²) in [5.41, 5.74) is 3.47. The van der Waals surface area contributed by atoms with Crippen LogP contribution in [0.2, 0.25) is 5.02 Å². The summed E-state index contributed by atoms with van der Waals surface area (Å²) in [6.45, 7) is 7.15. The van der Waals surface area contributed by atoms with Crippen LogP contribution in [0.15, 0.2) is 54.6 Å². The Morgan fingerprint density at radius 1 is 0.971 bits per heavy atom. The van der Waals surface area contributed by atoms with Crippen LogP contribution in [0.5, 0.6) is 0 Å². The van der Waals surface area contributed by atoms with E-state index in [0.29, 0.717) is 55.3 Å². The number of nitrogens with one attached hydrogen (secondary N) is 1. The van der Waals surface area contributed by atoms with Crippen molar-refractivity contribution >= 4 is 29.3 Å². The number of amides is 1. The maximum atomic E-state index is 13.2. The van der Waals surface area contributed by atoms with Crippen molar-refractivity contribution in [3.63, 3.8) is 0 Å². The van der Waals surface area contributed by atoms with Crippen LogP contribution in [0.1, 0.15) is 47.1 Å². The second kappa shape index (κ2) is 9.60. The molecule has 1 amide bonds. The maximum Gasteiger partial charge on any atom is 0.273 e. The van der Waals surface area contributed by atoms with Gasteiger partial charge < -0.3 is 19.9 Å². The maximum absolute atomic E-state index is 13.2. The van der Waals surface area contributed by atoms with Crippen LogP contribution in [0.3, 0.4) is 0 Å². The minimum Gasteiger partial charge on any atom is -0.378 e. The highest BCUT2D eigenvalue weighted by atomic mass is 35.5. The van der Waals surface area contributed by atoms with Crippen LogP contribution >= 0.6 is 11.6 Å². The number of hydrogen-bond acceptors (Lipinski definition) is 6. The van der Waals surface area contributed by atoms with Gasteiger partial charge in [-0.15, -0.1) is 0 Å². The highest BCUT2D eigenvalue weighted by Crippen LogP contribution is 2.34. The molecule has 2 aromatic carbocycles. The van der Waals surface area contributed by atoms with Crippen LogP contribution in [0.25, 0.3) is 0 Å². The van der Waals surface area contributed by atoms with Gasteiger partial charge in [0.2, 0.25) is 5.95 Å². The Bertz CT molecular complexity index is 1160. The first-order valence-corrected chi connectivity index (χ1v) is 12.0. The summed E-state index contributed by atoms with van der Waals surface area (Å²) in [6.07, 6.45) is 0. The molecule has 2 aliphatic heterocycles. The molecular formula is C26H28ClN5O2. The Morgan fingerprint density at radius 2 is 1.65 bits per heavy atom. The number of benzene rings is 2. The number of fused-ring (bicyclic) bond motifs is 1. The zero-order valence-corrected chi connectivity index (χ0v) is 20.1. The predicted octanol–water partition coefficient (Wildman–Crippen LogP) is 4.53. The average molecular weight is 478 g/mol. The lowest BCUT2D eigenvalue weighted by molar-refractivity contribution is 0.0726. The summed E-state index contributed by atoms with van der Waals surface area (Å²) >= 11 is 6.17. The topological polar surface area (TPSA) is 70.6 Å². The molecule has 8 heteroatoms. The lowest BCUT2D eigenvalue weighted by atomic mass is 9.98. The van der Waals surface area contributed by atoms with E-state index in [-0.39, 0.29) is 18.0 Å². The first-order valence-electron chi connectivity index (χ1n) is 11.6. The van der Waals surface area contributed by atoms with Crippen molar-refractivity contribution in [3.05, 3.63) is 82.0 Å². The van der Waals surface area contributed by atoms with E-state index in [9.17, 15) is 4.79 Å². The molecule has 5 rings (SSSR count). The van der Waals surface area contributed by atoms with Gasteiger partial charge in [-0.3, -0.25) is 4.79 Å². The van der Waals surface area contributed by atoms with Gasteiger partial charge in [0.25, 0.3) is 5.91 Å². The Hall–Kier alpha value is -3.16. The number of rotatable bonds is 6. The average Bonchev–Trinajstić information content (AvgIpc) is 3.21. The summed E-state index contributed by atoms with van der Waals surface area (Å²) in [6, 6.07) is 17.9. The number of ether oxygens (including phenoxy) is 1. The summed E-state index contributed by atoms with van der Waals surface area (Å²) in [7, 11) is 0. The molecule has 0 radical (unpaired) electrons. The van der Waals surface area contributed by atoms with Crippen molar-refractivity contribution in [3.8, 4) is 0 Å². The van der Waals surface area contributed by atoms with Crippen molar-refractivity contribution < 1.29 is 9.53 Å². The number of hydrogen-bond donors (Lipinski definition) is 1. The number of aromatic nitrogens is 2. The molecule has 176 valence electrons. The SMILES string of the molecule is CC(C)N1Cc2c(NC(c3ccccc3)c3ccc(Cl)cc3)nc(N3CCOCC3)nc2C1=O. The van der Waals surface area contributed by atoms with E-state index in [2.05, 4.69) is 22.3 Å². The molecule has 1 aromatic heterocycles. The number of morpholine rings is 1. The molecule has 0 saturated carbocycles. The Balaban J connectivity index is 1.59. The molecule has 0 spiro atoms. The first kappa shape index (κ1) is 22.6. The van der Waals surface area contributed by atoms with E-state index in [1.54, 1.807) is 0 Å². The van der Waals surface area contributed by atoms with Gasteiger partial charge in [-0.05, 0) is 37.1 Å². The molecular weight excluding hydrogens is 450 g/mol. The van der Waals surface area contributed by atoms with Gasteiger partial charge in [0, 0.05) is 29.7 Å². The first-order chi connectivity index (χ1) is 16.5. The Labute approximate surface area is 204 Å². The van der Waals surface area contributed by atoms with Crippen LogP contribution in [-0.2, 0) is 11.3 Å². The summed E-state index contributed by atoms with van der Waals surface area (Å²) in [5.74, 6) is 1.20. The second-order valence-corrected chi connectivity index (χ2v) is 9.30. The molecule has 3 heterocycles. The molecule has 2 aliphatic rings. The van der Waals surface area contributed by atoms with Gasteiger partial charge >= 0.3 is 0 Å². The fraction of sp³-hybridized carbons (Fsp3) is 0.346. The van der Waals surface area contributed by atoms with Crippen molar-refractivity contribution in [1.82, 2.24) is 14.9 Å². The predicted molar refractivity (Wildman–Crippen MR) is 133 cm³/mol. The van der Waals surface area contributed by atoms with Crippen molar-refractivity contribution in [1.29, 1.82) is 0 Å². The fourth-order valence-electron chi connectivity index (χ4n) is 4.41. The molecule has 1 atom stereocenters. The molecule has 3 aromatic rings. The molecule has 7 nitrogen and oxygen atoms in total. The lowest BCUT2D eigenvalue weighted by Crippen LogP contribution is -2.38. The monoisotopic (exact) mass is 477 g/mol. The van der Waals surface area contributed by atoms with Gasteiger partial charge in [0.15, 0.2) is 0 Å². The molecule has 1 unspecified atom stereocenters. The second-order valence-electron chi connectivity index (χ2n) is 8.87. The van der Waals surface area contributed by atoms with Crippen LogP contribution in [0, 0.1) is 0 Å². The summed E-state index contributed by atoms with van der Waals surface area (Å²) in [4.78, 5) is 26.8. The normalized spacial score (nSPS) is 16.6. The number of anilines is 2. The third-order valence-corrected chi connectivity index (χ3v) is 6.57. The zero-order chi connectivity index (χ0) is 23.7. The standard InChI is InChI=1S/C26H28ClN5O2/c1-17(2)32-16-21-23(25(32)33)29-26(31-12-14-34-15-13-31)30-24(21)28-22(18-6-4-3-5-7-18)19-8-10-20(27)11-9-19/h3-11,17,22H,12-16H2,1-2H3,(H,28,29,30). The van der Waals surface area contributed by atoms with E-state index in [1.165, 1.54) is 0 Å². The summed E-state index contributed by atoms with van der Waals surface area (Å²) in [5, 5.41) is 4.35. The van der Waals surface area contributed by atoms with Crippen molar-refractivity contribution in [2.24, 2.45) is 0 Å². The number of carbonyl (C=O) groups excluding carboxylic acids is 1. The molecule has 34 heavy (non-hydrogen) atoms. The molecule has 0 aliphatic carbocycles. The van der Waals surface area contributed by atoms with Gasteiger partial charge in [0.05, 0.1) is 25.8 Å². The van der Waals surface area contributed by atoms with Crippen molar-refractivity contribution in [2.75, 3.05) is 36.5 Å². The molecule has 1 fully saturated rings.